The molecule has 0 heterocycles. The van der Waals surface area contributed by atoms with E-state index >= 15 is 0 Å². The Morgan fingerprint density at radius 2 is 1.84 bits per heavy atom. The van der Waals surface area contributed by atoms with Gasteiger partial charge in [0.05, 0.1) is 19.6 Å². The molecular formula is C15H21NO3. The number of ether oxygens (including phenoxy) is 1. The zero-order chi connectivity index (χ0) is 14.6. The van der Waals surface area contributed by atoms with Gasteiger partial charge in [-0.2, -0.15) is 0 Å². The van der Waals surface area contributed by atoms with Crippen molar-refractivity contribution in [3.63, 3.8) is 0 Å². The van der Waals surface area contributed by atoms with Gasteiger partial charge in [0, 0.05) is 5.56 Å². The molecule has 1 aromatic carbocycles. The van der Waals surface area contributed by atoms with E-state index in [9.17, 15) is 9.59 Å². The lowest BCUT2D eigenvalue weighted by Gasteiger charge is -2.22. The molecule has 0 fully saturated rings. The highest BCUT2D eigenvalue weighted by atomic mass is 16.5. The van der Waals surface area contributed by atoms with E-state index in [0.29, 0.717) is 5.56 Å². The predicted molar refractivity (Wildman–Crippen MR) is 74.4 cm³/mol. The molecule has 0 spiro atoms. The standard InChI is InChI=1S/C15H21NO3/c1-10-6-7-12(8-11(10)2)15(18)13(16(3)4)9-14(17)19-5/h6-8,13H,9H2,1-5H3. The van der Waals surface area contributed by atoms with E-state index in [-0.39, 0.29) is 18.2 Å². The minimum atomic E-state index is -0.491. The maximum atomic E-state index is 12.5. The molecule has 0 aliphatic carbocycles. The number of ketones is 1. The maximum Gasteiger partial charge on any atom is 0.307 e. The van der Waals surface area contributed by atoms with Gasteiger partial charge < -0.3 is 4.74 Å². The second-order valence-corrected chi connectivity index (χ2v) is 4.92. The monoisotopic (exact) mass is 263 g/mol. The van der Waals surface area contributed by atoms with E-state index in [1.807, 2.05) is 26.0 Å². The first-order valence-corrected chi connectivity index (χ1v) is 6.21. The summed E-state index contributed by atoms with van der Waals surface area (Å²) in [6.45, 7) is 3.97. The van der Waals surface area contributed by atoms with Gasteiger partial charge in [-0.05, 0) is 45.1 Å². The Balaban J connectivity index is 2.99. The highest BCUT2D eigenvalue weighted by Crippen LogP contribution is 2.15. The van der Waals surface area contributed by atoms with Crippen molar-refractivity contribution in [1.82, 2.24) is 4.90 Å². The van der Waals surface area contributed by atoms with Crippen molar-refractivity contribution in [2.75, 3.05) is 21.2 Å². The number of benzene rings is 1. The molecule has 0 bridgehead atoms. The van der Waals surface area contributed by atoms with Crippen LogP contribution in [0.15, 0.2) is 18.2 Å². The molecule has 0 saturated heterocycles. The average Bonchev–Trinajstić information content (AvgIpc) is 2.37. The highest BCUT2D eigenvalue weighted by molar-refractivity contribution is 6.02. The molecule has 0 saturated carbocycles. The van der Waals surface area contributed by atoms with Gasteiger partial charge in [-0.25, -0.2) is 0 Å². The summed E-state index contributed by atoms with van der Waals surface area (Å²) in [7, 11) is 4.90. The third kappa shape index (κ3) is 3.89. The smallest absolute Gasteiger partial charge is 0.307 e. The van der Waals surface area contributed by atoms with Crippen molar-refractivity contribution >= 4 is 11.8 Å². The Morgan fingerprint density at radius 1 is 1.21 bits per heavy atom. The van der Waals surface area contributed by atoms with E-state index < -0.39 is 6.04 Å². The first-order valence-electron chi connectivity index (χ1n) is 6.21. The van der Waals surface area contributed by atoms with E-state index in [1.54, 1.807) is 25.1 Å². The molecule has 0 aromatic heterocycles. The van der Waals surface area contributed by atoms with Gasteiger partial charge in [0.15, 0.2) is 5.78 Å². The van der Waals surface area contributed by atoms with Gasteiger partial charge in [-0.1, -0.05) is 12.1 Å². The number of esters is 1. The van der Waals surface area contributed by atoms with Crippen LogP contribution in [0, 0.1) is 13.8 Å². The summed E-state index contributed by atoms with van der Waals surface area (Å²) in [5.41, 5.74) is 2.85. The fraction of sp³-hybridized carbons (Fsp3) is 0.467. The number of likely N-dealkylation sites (N-methyl/N-ethyl adjacent to an activating group) is 1. The van der Waals surface area contributed by atoms with Crippen LogP contribution in [-0.4, -0.2) is 43.9 Å². The quantitative estimate of drug-likeness (QED) is 0.602. The molecule has 4 nitrogen and oxygen atoms in total. The van der Waals surface area contributed by atoms with Crippen LogP contribution in [0.1, 0.15) is 27.9 Å². The van der Waals surface area contributed by atoms with E-state index in [1.165, 1.54) is 7.11 Å². The predicted octanol–water partition coefficient (Wildman–Crippen LogP) is 1.98. The van der Waals surface area contributed by atoms with Crippen molar-refractivity contribution in [3.05, 3.63) is 34.9 Å². The molecule has 0 amide bonds. The van der Waals surface area contributed by atoms with Gasteiger partial charge >= 0.3 is 5.97 Å². The molecule has 0 N–H and O–H groups in total. The maximum absolute atomic E-state index is 12.5. The van der Waals surface area contributed by atoms with Crippen molar-refractivity contribution in [2.24, 2.45) is 0 Å². The normalized spacial score (nSPS) is 12.3. The zero-order valence-electron chi connectivity index (χ0n) is 12.2. The van der Waals surface area contributed by atoms with E-state index in [0.717, 1.165) is 11.1 Å². The molecule has 1 aromatic rings. The summed E-state index contributed by atoms with van der Waals surface area (Å²) >= 11 is 0. The summed E-state index contributed by atoms with van der Waals surface area (Å²) in [6.07, 6.45) is 0.0647. The SMILES string of the molecule is COC(=O)CC(C(=O)c1ccc(C)c(C)c1)N(C)C. The number of nitrogens with zero attached hydrogens (tertiary/aromatic N) is 1. The van der Waals surface area contributed by atoms with Crippen molar-refractivity contribution in [1.29, 1.82) is 0 Å². The Bertz CT molecular complexity index is 480. The lowest BCUT2D eigenvalue weighted by Crippen LogP contribution is -2.38. The molecule has 0 aliphatic heterocycles. The Labute approximate surface area is 114 Å². The number of methoxy groups -OCH3 is 1. The largest absolute Gasteiger partial charge is 0.469 e. The number of carbonyl (C=O) groups is 2. The summed E-state index contributed by atoms with van der Waals surface area (Å²) in [6, 6.07) is 5.10. The lowest BCUT2D eigenvalue weighted by molar-refractivity contribution is -0.141. The zero-order valence-corrected chi connectivity index (χ0v) is 12.2. The number of rotatable bonds is 5. The van der Waals surface area contributed by atoms with Crippen LogP contribution in [0.25, 0.3) is 0 Å². The van der Waals surface area contributed by atoms with Crippen molar-refractivity contribution in [2.45, 2.75) is 26.3 Å². The lowest BCUT2D eigenvalue weighted by atomic mass is 9.97. The topological polar surface area (TPSA) is 46.6 Å². The van der Waals surface area contributed by atoms with Crippen molar-refractivity contribution in [3.8, 4) is 0 Å². The molecule has 1 unspecified atom stereocenters. The first-order chi connectivity index (χ1) is 8.86. The van der Waals surface area contributed by atoms with Crippen LogP contribution in [0.5, 0.6) is 0 Å². The van der Waals surface area contributed by atoms with Gasteiger partial charge in [0.2, 0.25) is 0 Å². The van der Waals surface area contributed by atoms with Crippen LogP contribution < -0.4 is 0 Å². The van der Waals surface area contributed by atoms with Crippen LogP contribution in [0.2, 0.25) is 0 Å². The van der Waals surface area contributed by atoms with Crippen LogP contribution in [0.4, 0.5) is 0 Å². The van der Waals surface area contributed by atoms with Gasteiger partial charge in [0.25, 0.3) is 0 Å². The van der Waals surface area contributed by atoms with Crippen molar-refractivity contribution < 1.29 is 14.3 Å². The summed E-state index contributed by atoms with van der Waals surface area (Å²) < 4.78 is 4.64. The Hall–Kier alpha value is -1.68. The van der Waals surface area contributed by atoms with Gasteiger partial charge in [-0.3, -0.25) is 14.5 Å². The summed E-state index contributed by atoms with van der Waals surface area (Å²) in [5, 5.41) is 0. The molecule has 4 heteroatoms. The average molecular weight is 263 g/mol. The number of carbonyl (C=O) groups excluding carboxylic acids is 2. The van der Waals surface area contributed by atoms with Crippen LogP contribution in [0.3, 0.4) is 0 Å². The van der Waals surface area contributed by atoms with Gasteiger partial charge in [0.1, 0.15) is 0 Å². The van der Waals surface area contributed by atoms with Crippen LogP contribution in [-0.2, 0) is 9.53 Å². The van der Waals surface area contributed by atoms with Gasteiger partial charge in [-0.15, -0.1) is 0 Å². The second kappa shape index (κ2) is 6.48. The number of aryl methyl sites for hydroxylation is 2. The second-order valence-electron chi connectivity index (χ2n) is 4.92. The molecule has 0 radical (unpaired) electrons. The molecule has 104 valence electrons. The number of hydrogen-bond donors (Lipinski definition) is 0. The first kappa shape index (κ1) is 15.4. The molecule has 19 heavy (non-hydrogen) atoms. The number of Topliss-reactive ketones (excluding diaryl/α,β-unsaturated/α-hetero) is 1. The highest BCUT2D eigenvalue weighted by Gasteiger charge is 2.25. The summed E-state index contributed by atoms with van der Waals surface area (Å²) in [5.74, 6) is -0.436. The third-order valence-electron chi connectivity index (χ3n) is 3.31. The third-order valence-corrected chi connectivity index (χ3v) is 3.31. The minimum absolute atomic E-state index is 0.0569. The number of hydrogen-bond acceptors (Lipinski definition) is 4. The summed E-state index contributed by atoms with van der Waals surface area (Å²) in [4.78, 5) is 25.6. The molecule has 0 aliphatic rings. The molecule has 1 atom stereocenters. The molecular weight excluding hydrogens is 242 g/mol. The van der Waals surface area contributed by atoms with E-state index in [4.69, 9.17) is 0 Å². The van der Waals surface area contributed by atoms with E-state index in [2.05, 4.69) is 4.74 Å². The van der Waals surface area contributed by atoms with Crippen LogP contribution >= 0.6 is 0 Å². The minimum Gasteiger partial charge on any atom is -0.469 e. The Kier molecular flexibility index (Phi) is 5.24. The Morgan fingerprint density at radius 3 is 2.32 bits per heavy atom. The molecule has 1 rings (SSSR count). The fourth-order valence-corrected chi connectivity index (χ4v) is 1.84. The fourth-order valence-electron chi connectivity index (χ4n) is 1.84.